The van der Waals surface area contributed by atoms with Crippen LogP contribution in [0.4, 0.5) is 11.6 Å². The van der Waals surface area contributed by atoms with E-state index in [0.717, 1.165) is 30.7 Å². The van der Waals surface area contributed by atoms with E-state index in [1.165, 1.54) is 25.6 Å². The number of nitrogens with two attached hydrogens (primary N) is 1. The highest BCUT2D eigenvalue weighted by Gasteiger charge is 2.37. The van der Waals surface area contributed by atoms with Gasteiger partial charge in [-0.2, -0.15) is 0 Å². The predicted molar refractivity (Wildman–Crippen MR) is 69.4 cm³/mol. The molecule has 6 nitrogen and oxygen atoms in total. The van der Waals surface area contributed by atoms with E-state index in [2.05, 4.69) is 20.3 Å². The van der Waals surface area contributed by atoms with Gasteiger partial charge >= 0.3 is 0 Å². The number of ether oxygens (including phenoxy) is 1. The maximum Gasteiger partial charge on any atom is 0.205 e. The molecule has 1 aromatic heterocycles. The molecule has 0 spiro atoms. The topological polar surface area (TPSA) is 76.3 Å². The van der Waals surface area contributed by atoms with Crippen molar-refractivity contribution in [3.05, 3.63) is 6.33 Å². The summed E-state index contributed by atoms with van der Waals surface area (Å²) in [5.74, 6) is 9.12. The zero-order valence-electron chi connectivity index (χ0n) is 10.6. The molecule has 1 saturated carbocycles. The van der Waals surface area contributed by atoms with Crippen molar-refractivity contribution in [2.45, 2.75) is 19.3 Å². The Morgan fingerprint density at radius 3 is 2.67 bits per heavy atom. The Morgan fingerprint density at radius 1 is 1.33 bits per heavy atom. The van der Waals surface area contributed by atoms with Gasteiger partial charge < -0.3 is 15.1 Å². The number of nitrogen functional groups attached to an aromatic ring is 1. The second kappa shape index (κ2) is 4.61. The summed E-state index contributed by atoms with van der Waals surface area (Å²) in [5, 5.41) is 0. The fourth-order valence-corrected chi connectivity index (χ4v) is 3.29. The Bertz CT molecular complexity index is 426. The number of nitrogens with zero attached hydrogens (tertiary/aromatic N) is 3. The van der Waals surface area contributed by atoms with Gasteiger partial charge in [0.25, 0.3) is 0 Å². The number of rotatable bonds is 3. The molecule has 0 bridgehead atoms. The Balaban J connectivity index is 1.88. The van der Waals surface area contributed by atoms with Gasteiger partial charge in [-0.1, -0.05) is 6.42 Å². The number of hydrogen-bond donors (Lipinski definition) is 2. The van der Waals surface area contributed by atoms with Crippen LogP contribution in [-0.2, 0) is 0 Å². The van der Waals surface area contributed by atoms with Crippen molar-refractivity contribution in [2.75, 3.05) is 30.5 Å². The quantitative estimate of drug-likeness (QED) is 0.615. The number of nitrogens with one attached hydrogen (secondary N) is 1. The summed E-state index contributed by atoms with van der Waals surface area (Å²) in [6.07, 6.45) is 5.59. The van der Waals surface area contributed by atoms with Crippen LogP contribution in [0.15, 0.2) is 6.33 Å². The van der Waals surface area contributed by atoms with Gasteiger partial charge in [0.05, 0.1) is 7.11 Å². The minimum Gasteiger partial charge on any atom is -0.490 e. The molecule has 6 heteroatoms. The highest BCUT2D eigenvalue weighted by Crippen LogP contribution is 2.42. The maximum atomic E-state index is 5.45. The number of methoxy groups -OCH3 is 1. The Morgan fingerprint density at radius 2 is 2.06 bits per heavy atom. The van der Waals surface area contributed by atoms with Crippen molar-refractivity contribution in [3.8, 4) is 5.75 Å². The first-order valence-corrected chi connectivity index (χ1v) is 6.44. The molecule has 98 valence electrons. The van der Waals surface area contributed by atoms with Crippen LogP contribution >= 0.6 is 0 Å². The monoisotopic (exact) mass is 249 g/mol. The normalized spacial score (nSPS) is 26.2. The average Bonchev–Trinajstić information content (AvgIpc) is 2.98. The molecule has 1 saturated heterocycles. The summed E-state index contributed by atoms with van der Waals surface area (Å²) in [5.41, 5.74) is 2.56. The molecular weight excluding hydrogens is 230 g/mol. The van der Waals surface area contributed by atoms with Crippen molar-refractivity contribution in [1.29, 1.82) is 0 Å². The lowest BCUT2D eigenvalue weighted by atomic mass is 10.0. The van der Waals surface area contributed by atoms with Crippen LogP contribution in [0, 0.1) is 11.8 Å². The molecule has 3 rings (SSSR count). The molecule has 2 atom stereocenters. The van der Waals surface area contributed by atoms with Gasteiger partial charge in [0.1, 0.15) is 6.33 Å². The number of anilines is 2. The molecule has 3 N–H and O–H groups in total. The third-order valence-corrected chi connectivity index (χ3v) is 4.15. The highest BCUT2D eigenvalue weighted by molar-refractivity contribution is 5.64. The molecule has 1 aromatic rings. The number of hydrogen-bond acceptors (Lipinski definition) is 6. The molecule has 1 aliphatic heterocycles. The van der Waals surface area contributed by atoms with E-state index in [4.69, 9.17) is 10.6 Å². The highest BCUT2D eigenvalue weighted by atomic mass is 16.5. The van der Waals surface area contributed by atoms with E-state index >= 15 is 0 Å². The molecule has 0 aromatic carbocycles. The van der Waals surface area contributed by atoms with Crippen molar-refractivity contribution in [2.24, 2.45) is 17.7 Å². The predicted octanol–water partition coefficient (Wildman–Crippen LogP) is 1.01. The van der Waals surface area contributed by atoms with Crippen LogP contribution in [0.5, 0.6) is 5.75 Å². The summed E-state index contributed by atoms with van der Waals surface area (Å²) < 4.78 is 5.39. The fourth-order valence-electron chi connectivity index (χ4n) is 3.29. The molecule has 2 heterocycles. The molecule has 2 unspecified atom stereocenters. The zero-order chi connectivity index (χ0) is 12.5. The molecular formula is C12H19N5O. The van der Waals surface area contributed by atoms with Crippen molar-refractivity contribution < 1.29 is 4.74 Å². The zero-order valence-corrected chi connectivity index (χ0v) is 10.6. The SMILES string of the molecule is COc1c(NN)ncnc1N1CC2CCCC2C1. The Labute approximate surface area is 107 Å². The Kier molecular flexibility index (Phi) is 2.95. The Hall–Kier alpha value is -1.56. The van der Waals surface area contributed by atoms with E-state index < -0.39 is 0 Å². The lowest BCUT2D eigenvalue weighted by Crippen LogP contribution is -2.23. The molecule has 1 aliphatic carbocycles. The summed E-state index contributed by atoms with van der Waals surface area (Å²) in [6.45, 7) is 2.14. The standard InChI is InChI=1S/C12H19N5O/c1-18-10-11(16-13)14-7-15-12(10)17-5-8-3-2-4-9(8)6-17/h7-9H,2-6,13H2,1H3,(H,14,15,16). The lowest BCUT2D eigenvalue weighted by Gasteiger charge is -2.21. The third-order valence-electron chi connectivity index (χ3n) is 4.15. The number of aromatic nitrogens is 2. The van der Waals surface area contributed by atoms with Gasteiger partial charge in [-0.25, -0.2) is 15.8 Å². The van der Waals surface area contributed by atoms with Crippen LogP contribution in [0.1, 0.15) is 19.3 Å². The van der Waals surface area contributed by atoms with Gasteiger partial charge in [-0.15, -0.1) is 0 Å². The first kappa shape index (κ1) is 11.5. The molecule has 2 fully saturated rings. The van der Waals surface area contributed by atoms with E-state index in [0.29, 0.717) is 11.6 Å². The molecule has 0 amide bonds. The number of fused-ring (bicyclic) bond motifs is 1. The smallest absolute Gasteiger partial charge is 0.205 e. The first-order valence-electron chi connectivity index (χ1n) is 6.44. The summed E-state index contributed by atoms with van der Waals surface area (Å²) in [6, 6.07) is 0. The molecule has 0 radical (unpaired) electrons. The third kappa shape index (κ3) is 1.77. The van der Waals surface area contributed by atoms with Crippen LogP contribution in [0.2, 0.25) is 0 Å². The van der Waals surface area contributed by atoms with Gasteiger partial charge in [0.15, 0.2) is 11.6 Å². The lowest BCUT2D eigenvalue weighted by molar-refractivity contribution is 0.412. The summed E-state index contributed by atoms with van der Waals surface area (Å²) in [4.78, 5) is 10.7. The first-order chi connectivity index (χ1) is 8.83. The second-order valence-electron chi connectivity index (χ2n) is 5.08. The van der Waals surface area contributed by atoms with Crippen molar-refractivity contribution in [3.63, 3.8) is 0 Å². The summed E-state index contributed by atoms with van der Waals surface area (Å²) >= 11 is 0. The second-order valence-corrected chi connectivity index (χ2v) is 5.08. The van der Waals surface area contributed by atoms with Crippen molar-refractivity contribution >= 4 is 11.6 Å². The summed E-state index contributed by atoms with van der Waals surface area (Å²) in [7, 11) is 1.62. The van der Waals surface area contributed by atoms with E-state index in [-0.39, 0.29) is 0 Å². The minimum atomic E-state index is 0.541. The van der Waals surface area contributed by atoms with Gasteiger partial charge in [0.2, 0.25) is 5.75 Å². The van der Waals surface area contributed by atoms with E-state index in [1.54, 1.807) is 7.11 Å². The minimum absolute atomic E-state index is 0.541. The van der Waals surface area contributed by atoms with Crippen LogP contribution in [-0.4, -0.2) is 30.2 Å². The molecule has 18 heavy (non-hydrogen) atoms. The van der Waals surface area contributed by atoms with Crippen LogP contribution < -0.4 is 20.9 Å². The van der Waals surface area contributed by atoms with Gasteiger partial charge in [-0.3, -0.25) is 0 Å². The van der Waals surface area contributed by atoms with Crippen molar-refractivity contribution in [1.82, 2.24) is 9.97 Å². The molecule has 2 aliphatic rings. The largest absolute Gasteiger partial charge is 0.490 e. The maximum absolute atomic E-state index is 5.45. The number of hydrazine groups is 1. The fraction of sp³-hybridized carbons (Fsp3) is 0.667. The van der Waals surface area contributed by atoms with Crippen LogP contribution in [0.3, 0.4) is 0 Å². The average molecular weight is 249 g/mol. The van der Waals surface area contributed by atoms with Gasteiger partial charge in [-0.05, 0) is 24.7 Å². The van der Waals surface area contributed by atoms with Crippen LogP contribution in [0.25, 0.3) is 0 Å². The van der Waals surface area contributed by atoms with Gasteiger partial charge in [0, 0.05) is 13.1 Å². The van der Waals surface area contributed by atoms with E-state index in [9.17, 15) is 0 Å². The van der Waals surface area contributed by atoms with E-state index in [1.807, 2.05) is 0 Å².